The minimum atomic E-state index is -2.47. The first-order valence-corrected chi connectivity index (χ1v) is 7.17. The van der Waals surface area contributed by atoms with Crippen molar-refractivity contribution in [3.05, 3.63) is 60.2 Å². The Morgan fingerprint density at radius 1 is 0.905 bits per heavy atom. The minimum absolute atomic E-state index is 0.00386. The number of nitrogens with two attached hydrogens (primary N) is 1. The normalized spacial score (nSPS) is 11.0. The average molecular weight is 302 g/mol. The molecule has 1 heterocycles. The first-order valence-electron chi connectivity index (χ1n) is 6.35. The fraction of sp³-hybridized carbons (Fsp3) is 0.0625. The maximum Gasteiger partial charge on any atom is 0.263 e. The summed E-state index contributed by atoms with van der Waals surface area (Å²) in [7, 11) is 0. The Labute approximate surface area is 124 Å². The number of rotatable bonds is 3. The Kier molecular flexibility index (Phi) is 3.66. The monoisotopic (exact) mass is 302 g/mol. The summed E-state index contributed by atoms with van der Waals surface area (Å²) in [6, 6.07) is 15.8. The average Bonchev–Trinajstić information content (AvgIpc) is 2.90. The van der Waals surface area contributed by atoms with Gasteiger partial charge in [0.15, 0.2) is 0 Å². The number of aromatic nitrogens is 1. The first kappa shape index (κ1) is 13.7. The van der Waals surface area contributed by atoms with E-state index < -0.39 is 6.43 Å². The van der Waals surface area contributed by atoms with Crippen LogP contribution in [0.1, 0.15) is 12.0 Å². The molecule has 0 saturated heterocycles. The molecule has 0 amide bonds. The maximum atomic E-state index is 12.6. The highest BCUT2D eigenvalue weighted by molar-refractivity contribution is 7.19. The second-order valence-corrected chi connectivity index (χ2v) is 5.55. The zero-order valence-corrected chi connectivity index (χ0v) is 11.8. The molecule has 0 saturated carbocycles. The summed E-state index contributed by atoms with van der Waals surface area (Å²) in [5, 5.41) is 1.40. The van der Waals surface area contributed by atoms with Crippen molar-refractivity contribution in [2.75, 3.05) is 5.73 Å². The van der Waals surface area contributed by atoms with E-state index in [9.17, 15) is 8.78 Å². The van der Waals surface area contributed by atoms with Gasteiger partial charge >= 0.3 is 0 Å². The second-order valence-electron chi connectivity index (χ2n) is 4.52. The number of benzene rings is 2. The molecule has 2 nitrogen and oxygen atoms in total. The third-order valence-corrected chi connectivity index (χ3v) is 4.04. The fourth-order valence-corrected chi connectivity index (χ4v) is 2.89. The van der Waals surface area contributed by atoms with Crippen LogP contribution in [0.2, 0.25) is 0 Å². The van der Waals surface area contributed by atoms with E-state index in [1.54, 1.807) is 12.1 Å². The zero-order valence-electron chi connectivity index (χ0n) is 11.0. The molecule has 0 aliphatic rings. The van der Waals surface area contributed by atoms with E-state index in [0.29, 0.717) is 10.7 Å². The molecule has 0 spiro atoms. The van der Waals surface area contributed by atoms with Gasteiger partial charge in [-0.05, 0) is 0 Å². The van der Waals surface area contributed by atoms with E-state index in [-0.39, 0.29) is 5.56 Å². The van der Waals surface area contributed by atoms with E-state index in [1.807, 2.05) is 30.3 Å². The molecule has 0 bridgehead atoms. The molecule has 5 heteroatoms. The molecule has 3 rings (SSSR count). The quantitative estimate of drug-likeness (QED) is 0.739. The van der Waals surface area contributed by atoms with Gasteiger partial charge in [0.1, 0.15) is 15.7 Å². The molecule has 3 aromatic rings. The van der Waals surface area contributed by atoms with Crippen LogP contribution >= 0.6 is 11.3 Å². The highest BCUT2D eigenvalue weighted by Crippen LogP contribution is 2.36. The largest absolute Gasteiger partial charge is 0.389 e. The third-order valence-electron chi connectivity index (χ3n) is 3.11. The molecule has 0 unspecified atom stereocenters. The standard InChI is InChI=1S/C16H12F2N2S/c17-14(18)11-8-6-10(7-9-11)13-15(19)21-16(20-13)12-4-2-1-3-5-12/h1-9,14H,19H2. The highest BCUT2D eigenvalue weighted by atomic mass is 32.1. The molecule has 0 fully saturated rings. The molecule has 2 aromatic carbocycles. The molecule has 1 aromatic heterocycles. The molecule has 106 valence electrons. The fourth-order valence-electron chi connectivity index (χ4n) is 2.03. The van der Waals surface area contributed by atoms with E-state index in [1.165, 1.54) is 23.5 Å². The molecule has 0 aliphatic heterocycles. The third kappa shape index (κ3) is 2.78. The van der Waals surface area contributed by atoms with Crippen LogP contribution in [0.4, 0.5) is 13.8 Å². The number of hydrogen-bond donors (Lipinski definition) is 1. The smallest absolute Gasteiger partial charge is 0.263 e. The molecule has 0 aliphatic carbocycles. The Morgan fingerprint density at radius 2 is 1.57 bits per heavy atom. The van der Waals surface area contributed by atoms with Crippen LogP contribution in [-0.2, 0) is 0 Å². The summed E-state index contributed by atoms with van der Waals surface area (Å²) in [6.07, 6.45) is -2.47. The van der Waals surface area contributed by atoms with E-state index >= 15 is 0 Å². The summed E-state index contributed by atoms with van der Waals surface area (Å²) in [5.41, 5.74) is 8.39. The SMILES string of the molecule is Nc1sc(-c2ccccc2)nc1-c1ccc(C(F)F)cc1. The van der Waals surface area contributed by atoms with Crippen molar-refractivity contribution in [1.82, 2.24) is 4.98 Å². The first-order chi connectivity index (χ1) is 10.1. The van der Waals surface area contributed by atoms with Gasteiger partial charge in [-0.1, -0.05) is 65.9 Å². The van der Waals surface area contributed by atoms with Crippen molar-refractivity contribution >= 4 is 16.3 Å². The summed E-state index contributed by atoms with van der Waals surface area (Å²) in [5.74, 6) is 0. The van der Waals surface area contributed by atoms with E-state index in [0.717, 1.165) is 16.1 Å². The summed E-state index contributed by atoms with van der Waals surface area (Å²) in [6.45, 7) is 0. The number of nitrogens with zero attached hydrogens (tertiary/aromatic N) is 1. The Morgan fingerprint density at radius 3 is 2.19 bits per heavy atom. The molecule has 21 heavy (non-hydrogen) atoms. The second kappa shape index (κ2) is 5.61. The number of anilines is 1. The Balaban J connectivity index is 1.98. The van der Waals surface area contributed by atoms with Crippen LogP contribution in [0.5, 0.6) is 0 Å². The Hall–Kier alpha value is -2.27. The van der Waals surface area contributed by atoms with Crippen molar-refractivity contribution in [1.29, 1.82) is 0 Å². The summed E-state index contributed by atoms with van der Waals surface area (Å²) >= 11 is 1.39. The lowest BCUT2D eigenvalue weighted by Gasteiger charge is -2.02. The van der Waals surface area contributed by atoms with Gasteiger partial charge in [0.25, 0.3) is 6.43 Å². The van der Waals surface area contributed by atoms with Crippen molar-refractivity contribution in [3.8, 4) is 21.8 Å². The van der Waals surface area contributed by atoms with Crippen molar-refractivity contribution in [2.45, 2.75) is 6.43 Å². The molecule has 0 radical (unpaired) electrons. The zero-order chi connectivity index (χ0) is 14.8. The minimum Gasteiger partial charge on any atom is -0.389 e. The van der Waals surface area contributed by atoms with Crippen LogP contribution in [0.3, 0.4) is 0 Å². The van der Waals surface area contributed by atoms with Crippen LogP contribution in [0, 0.1) is 0 Å². The van der Waals surface area contributed by atoms with Crippen LogP contribution in [0.15, 0.2) is 54.6 Å². The topological polar surface area (TPSA) is 38.9 Å². The van der Waals surface area contributed by atoms with E-state index in [4.69, 9.17) is 5.73 Å². The van der Waals surface area contributed by atoms with Crippen LogP contribution in [-0.4, -0.2) is 4.98 Å². The van der Waals surface area contributed by atoms with Crippen LogP contribution < -0.4 is 5.73 Å². The summed E-state index contributed by atoms with van der Waals surface area (Å²) < 4.78 is 25.1. The van der Waals surface area contributed by atoms with Crippen LogP contribution in [0.25, 0.3) is 21.8 Å². The van der Waals surface area contributed by atoms with Crippen molar-refractivity contribution in [2.24, 2.45) is 0 Å². The predicted octanol–water partition coefficient (Wildman–Crippen LogP) is 5.00. The lowest BCUT2D eigenvalue weighted by molar-refractivity contribution is 0.151. The lowest BCUT2D eigenvalue weighted by atomic mass is 10.1. The number of nitrogen functional groups attached to an aromatic ring is 1. The van der Waals surface area contributed by atoms with Gasteiger partial charge in [0, 0.05) is 16.7 Å². The maximum absolute atomic E-state index is 12.6. The number of alkyl halides is 2. The predicted molar refractivity (Wildman–Crippen MR) is 82.4 cm³/mol. The van der Waals surface area contributed by atoms with Gasteiger partial charge in [0.2, 0.25) is 0 Å². The van der Waals surface area contributed by atoms with Gasteiger partial charge in [-0.15, -0.1) is 0 Å². The number of hydrogen-bond acceptors (Lipinski definition) is 3. The number of halogens is 2. The van der Waals surface area contributed by atoms with Gasteiger partial charge < -0.3 is 5.73 Å². The van der Waals surface area contributed by atoms with Gasteiger partial charge in [-0.3, -0.25) is 0 Å². The molecule has 0 atom stereocenters. The lowest BCUT2D eigenvalue weighted by Crippen LogP contribution is -1.88. The molecule has 2 N–H and O–H groups in total. The van der Waals surface area contributed by atoms with Crippen molar-refractivity contribution < 1.29 is 8.78 Å². The van der Waals surface area contributed by atoms with Gasteiger partial charge in [-0.2, -0.15) is 0 Å². The number of thiazole rings is 1. The highest BCUT2D eigenvalue weighted by Gasteiger charge is 2.13. The van der Waals surface area contributed by atoms with Crippen molar-refractivity contribution in [3.63, 3.8) is 0 Å². The molecular formula is C16H12F2N2S. The summed E-state index contributed by atoms with van der Waals surface area (Å²) in [4.78, 5) is 4.53. The Bertz CT molecular complexity index is 737. The molecular weight excluding hydrogens is 290 g/mol. The van der Waals surface area contributed by atoms with Gasteiger partial charge in [-0.25, -0.2) is 13.8 Å². The van der Waals surface area contributed by atoms with Gasteiger partial charge in [0.05, 0.1) is 0 Å². The van der Waals surface area contributed by atoms with E-state index in [2.05, 4.69) is 4.98 Å².